The van der Waals surface area contributed by atoms with Gasteiger partial charge in [0, 0.05) is 13.2 Å². The third-order valence-corrected chi connectivity index (χ3v) is 1.74. The van der Waals surface area contributed by atoms with E-state index in [1.54, 1.807) is 0 Å². The van der Waals surface area contributed by atoms with Crippen LogP contribution in [0.4, 0.5) is 0 Å². The molecule has 0 bridgehead atoms. The summed E-state index contributed by atoms with van der Waals surface area (Å²) in [7, 11) is 0. The average molecular weight is 205 g/mol. The van der Waals surface area contributed by atoms with Gasteiger partial charge >= 0.3 is 0 Å². The fraction of sp³-hybridized carbons (Fsp3) is 0.889. The van der Waals surface area contributed by atoms with Gasteiger partial charge in [0.25, 0.3) is 0 Å². The second-order valence-corrected chi connectivity index (χ2v) is 3.26. The van der Waals surface area contributed by atoms with Crippen LogP contribution < -0.4 is 5.73 Å². The van der Waals surface area contributed by atoms with Crippen LogP contribution in [0.5, 0.6) is 0 Å². The van der Waals surface area contributed by atoms with Gasteiger partial charge in [0.15, 0.2) is 0 Å². The van der Waals surface area contributed by atoms with Crippen molar-refractivity contribution in [3.05, 3.63) is 0 Å². The Morgan fingerprint density at radius 1 is 1.15 bits per heavy atom. The van der Waals surface area contributed by atoms with Crippen LogP contribution in [0.2, 0.25) is 0 Å². The second-order valence-electron chi connectivity index (χ2n) is 2.73. The van der Waals surface area contributed by atoms with E-state index >= 15 is 0 Å². The van der Waals surface area contributed by atoms with Crippen LogP contribution in [0.3, 0.4) is 0 Å². The summed E-state index contributed by atoms with van der Waals surface area (Å²) >= 11 is 4.75. The minimum absolute atomic E-state index is 0.592. The molecule has 0 amide bonds. The summed E-state index contributed by atoms with van der Waals surface area (Å²) in [6, 6.07) is 0. The Hall–Kier alpha value is -0.190. The number of rotatable bonds is 9. The van der Waals surface area contributed by atoms with E-state index < -0.39 is 0 Å². The van der Waals surface area contributed by atoms with Crippen molar-refractivity contribution in [2.45, 2.75) is 26.2 Å². The Bertz CT molecular complexity index is 131. The first kappa shape index (κ1) is 12.8. The molecule has 0 aliphatic rings. The molecule has 13 heavy (non-hydrogen) atoms. The molecule has 0 rings (SSSR count). The molecule has 0 saturated carbocycles. The highest BCUT2D eigenvalue weighted by Gasteiger charge is 1.92. The van der Waals surface area contributed by atoms with Crippen LogP contribution in [0, 0.1) is 0 Å². The number of unbranched alkanes of at least 4 members (excludes halogenated alkanes) is 1. The lowest BCUT2D eigenvalue weighted by atomic mass is 10.2. The molecule has 3 nitrogen and oxygen atoms in total. The summed E-state index contributed by atoms with van der Waals surface area (Å²) in [6.07, 6.45) is 2.86. The van der Waals surface area contributed by atoms with E-state index in [1.807, 2.05) is 6.92 Å². The minimum Gasteiger partial charge on any atom is -0.393 e. The highest BCUT2D eigenvalue weighted by molar-refractivity contribution is 7.80. The number of nitrogens with two attached hydrogens (primary N) is 1. The number of hydrogen-bond donors (Lipinski definition) is 1. The maximum absolute atomic E-state index is 5.34. The van der Waals surface area contributed by atoms with Crippen LogP contribution in [0.1, 0.15) is 26.2 Å². The van der Waals surface area contributed by atoms with E-state index in [9.17, 15) is 0 Å². The fourth-order valence-corrected chi connectivity index (χ4v) is 1.01. The smallest absolute Gasteiger partial charge is 0.0727 e. The Labute approximate surface area is 85.6 Å². The molecule has 0 aliphatic heterocycles. The van der Waals surface area contributed by atoms with Gasteiger partial charge in [-0.05, 0) is 26.2 Å². The van der Waals surface area contributed by atoms with Gasteiger partial charge in [-0.25, -0.2) is 0 Å². The van der Waals surface area contributed by atoms with E-state index in [-0.39, 0.29) is 0 Å². The highest BCUT2D eigenvalue weighted by atomic mass is 32.1. The SMILES string of the molecule is CCOCCOCCCCC(N)=S. The molecule has 0 aromatic rings. The molecule has 0 spiro atoms. The zero-order valence-corrected chi connectivity index (χ0v) is 9.07. The number of hydrogen-bond acceptors (Lipinski definition) is 3. The molecule has 0 aromatic carbocycles. The number of thiocarbonyl (C=S) groups is 1. The molecule has 0 unspecified atom stereocenters. The van der Waals surface area contributed by atoms with Crippen molar-refractivity contribution in [3.63, 3.8) is 0 Å². The van der Waals surface area contributed by atoms with Crippen LogP contribution >= 0.6 is 12.2 Å². The average Bonchev–Trinajstić information content (AvgIpc) is 2.09. The van der Waals surface area contributed by atoms with Gasteiger partial charge in [0.05, 0.1) is 18.2 Å². The molecule has 4 heteroatoms. The maximum Gasteiger partial charge on any atom is 0.0727 e. The molecule has 0 aliphatic carbocycles. The molecule has 0 heterocycles. The Kier molecular flexibility index (Phi) is 9.75. The molecule has 0 aromatic heterocycles. The third-order valence-electron chi connectivity index (χ3n) is 1.54. The van der Waals surface area contributed by atoms with Crippen LogP contribution in [0.25, 0.3) is 0 Å². The zero-order chi connectivity index (χ0) is 9.94. The summed E-state index contributed by atoms with van der Waals surface area (Å²) in [4.78, 5) is 0.592. The monoisotopic (exact) mass is 205 g/mol. The second kappa shape index (κ2) is 9.89. The van der Waals surface area contributed by atoms with Crippen molar-refractivity contribution in [2.24, 2.45) is 5.73 Å². The van der Waals surface area contributed by atoms with E-state index in [4.69, 9.17) is 27.4 Å². The Morgan fingerprint density at radius 3 is 2.46 bits per heavy atom. The van der Waals surface area contributed by atoms with Gasteiger partial charge in [-0.3, -0.25) is 0 Å². The Balaban J connectivity index is 2.87. The van der Waals surface area contributed by atoms with Crippen molar-refractivity contribution in [1.29, 1.82) is 0 Å². The minimum atomic E-state index is 0.592. The quantitative estimate of drug-likeness (QED) is 0.457. The molecule has 78 valence electrons. The van der Waals surface area contributed by atoms with E-state index in [0.717, 1.165) is 32.5 Å². The molecule has 0 atom stereocenters. The number of ether oxygens (including phenoxy) is 2. The van der Waals surface area contributed by atoms with E-state index in [0.29, 0.717) is 18.2 Å². The van der Waals surface area contributed by atoms with Crippen molar-refractivity contribution in [1.82, 2.24) is 0 Å². The molecular weight excluding hydrogens is 186 g/mol. The summed E-state index contributed by atoms with van der Waals surface area (Å²) in [5, 5.41) is 0. The predicted molar refractivity (Wildman–Crippen MR) is 57.9 cm³/mol. The normalized spacial score (nSPS) is 10.2. The van der Waals surface area contributed by atoms with Crippen LogP contribution in [-0.2, 0) is 9.47 Å². The van der Waals surface area contributed by atoms with Crippen molar-refractivity contribution >= 4 is 17.2 Å². The fourth-order valence-electron chi connectivity index (χ4n) is 0.868. The van der Waals surface area contributed by atoms with Crippen LogP contribution in [0.15, 0.2) is 0 Å². The van der Waals surface area contributed by atoms with Gasteiger partial charge in [0.2, 0.25) is 0 Å². The lowest BCUT2D eigenvalue weighted by Gasteiger charge is -2.03. The lowest BCUT2D eigenvalue weighted by molar-refractivity contribution is 0.0516. The first-order chi connectivity index (χ1) is 6.27. The largest absolute Gasteiger partial charge is 0.393 e. The summed E-state index contributed by atoms with van der Waals surface area (Å²) in [5.41, 5.74) is 5.34. The van der Waals surface area contributed by atoms with Gasteiger partial charge in [-0.2, -0.15) is 0 Å². The summed E-state index contributed by atoms with van der Waals surface area (Å²) < 4.78 is 10.4. The van der Waals surface area contributed by atoms with Gasteiger partial charge in [-0.15, -0.1) is 0 Å². The lowest BCUT2D eigenvalue weighted by Crippen LogP contribution is -2.08. The van der Waals surface area contributed by atoms with E-state index in [2.05, 4.69) is 0 Å². The van der Waals surface area contributed by atoms with E-state index in [1.165, 1.54) is 0 Å². The maximum atomic E-state index is 5.34. The zero-order valence-electron chi connectivity index (χ0n) is 8.25. The molecule has 0 saturated heterocycles. The summed E-state index contributed by atoms with van der Waals surface area (Å²) in [6.45, 7) is 4.87. The topological polar surface area (TPSA) is 44.5 Å². The van der Waals surface area contributed by atoms with Crippen molar-refractivity contribution in [3.8, 4) is 0 Å². The predicted octanol–water partition coefficient (Wildman–Crippen LogP) is 1.50. The third kappa shape index (κ3) is 11.8. The van der Waals surface area contributed by atoms with Crippen molar-refractivity contribution < 1.29 is 9.47 Å². The first-order valence-corrected chi connectivity index (χ1v) is 5.12. The molecule has 0 fully saturated rings. The van der Waals surface area contributed by atoms with Gasteiger partial charge in [-0.1, -0.05) is 12.2 Å². The highest BCUT2D eigenvalue weighted by Crippen LogP contribution is 1.95. The standard InChI is InChI=1S/C9H19NO2S/c1-2-11-7-8-12-6-4-3-5-9(10)13/h2-8H2,1H3,(H2,10,13). The molecular formula is C9H19NO2S. The molecule has 2 N–H and O–H groups in total. The summed E-state index contributed by atoms with van der Waals surface area (Å²) in [5.74, 6) is 0. The first-order valence-electron chi connectivity index (χ1n) is 4.71. The Morgan fingerprint density at radius 2 is 1.85 bits per heavy atom. The molecule has 0 radical (unpaired) electrons. The van der Waals surface area contributed by atoms with Crippen molar-refractivity contribution in [2.75, 3.05) is 26.4 Å². The van der Waals surface area contributed by atoms with Gasteiger partial charge in [0.1, 0.15) is 0 Å². The van der Waals surface area contributed by atoms with Crippen LogP contribution in [-0.4, -0.2) is 31.4 Å². The van der Waals surface area contributed by atoms with Gasteiger partial charge < -0.3 is 15.2 Å².